The van der Waals surface area contributed by atoms with Gasteiger partial charge in [-0.05, 0) is 85.5 Å². The molecule has 3 aromatic carbocycles. The quantitative estimate of drug-likeness (QED) is 0.241. The second-order valence-corrected chi connectivity index (χ2v) is 9.29. The summed E-state index contributed by atoms with van der Waals surface area (Å²) in [5, 5.41) is 0. The van der Waals surface area contributed by atoms with Gasteiger partial charge in [0.1, 0.15) is 18.1 Å². The third kappa shape index (κ3) is 7.03. The third-order valence-electron chi connectivity index (χ3n) is 5.70. The monoisotopic (exact) mass is 596 g/mol. The van der Waals surface area contributed by atoms with Crippen molar-refractivity contribution in [2.24, 2.45) is 10.7 Å². The van der Waals surface area contributed by atoms with E-state index in [1.807, 2.05) is 31.2 Å². The van der Waals surface area contributed by atoms with E-state index in [-0.39, 0.29) is 29.9 Å². The third-order valence-corrected chi connectivity index (χ3v) is 6.20. The van der Waals surface area contributed by atoms with E-state index in [2.05, 4.69) is 30.4 Å². The van der Waals surface area contributed by atoms with Gasteiger partial charge in [-0.2, -0.15) is 17.6 Å². The number of rotatable bonds is 7. The normalized spacial score (nSPS) is 16.4. The molecule has 0 spiro atoms. The summed E-state index contributed by atoms with van der Waals surface area (Å²) in [5.41, 5.74) is 8.57. The fourth-order valence-electron chi connectivity index (χ4n) is 4.10. The minimum atomic E-state index is -2.86. The van der Waals surface area contributed by atoms with Gasteiger partial charge in [0, 0.05) is 10.0 Å². The SMILES string of the molecule is CC(=O)c1ccc(OC(F)F)cc1C.Cc1cc(OC(F)F)ccc1C1(c2cccc(Br)c2)COC(N)=N1. The van der Waals surface area contributed by atoms with Crippen LogP contribution in [0.25, 0.3) is 0 Å². The summed E-state index contributed by atoms with van der Waals surface area (Å²) >= 11 is 3.45. The Morgan fingerprint density at radius 3 is 2.05 bits per heavy atom. The van der Waals surface area contributed by atoms with Gasteiger partial charge in [-0.15, -0.1) is 0 Å². The molecule has 0 amide bonds. The molecule has 0 saturated heterocycles. The maximum Gasteiger partial charge on any atom is 0.387 e. The van der Waals surface area contributed by atoms with Gasteiger partial charge in [-0.3, -0.25) is 4.79 Å². The van der Waals surface area contributed by atoms with Gasteiger partial charge in [-0.1, -0.05) is 34.1 Å². The number of benzene rings is 3. The lowest BCUT2D eigenvalue weighted by atomic mass is 9.82. The largest absolute Gasteiger partial charge is 0.462 e. The van der Waals surface area contributed by atoms with Crippen LogP contribution < -0.4 is 15.2 Å². The molecule has 0 radical (unpaired) electrons. The molecule has 38 heavy (non-hydrogen) atoms. The summed E-state index contributed by atoms with van der Waals surface area (Å²) in [7, 11) is 0. The molecule has 4 rings (SSSR count). The number of amidine groups is 1. The summed E-state index contributed by atoms with van der Waals surface area (Å²) in [6.45, 7) is -0.538. The predicted octanol–water partition coefficient (Wildman–Crippen LogP) is 6.75. The summed E-state index contributed by atoms with van der Waals surface area (Å²) in [6, 6.07) is 16.8. The summed E-state index contributed by atoms with van der Waals surface area (Å²) in [6.07, 6.45) is 0. The Morgan fingerprint density at radius 1 is 0.974 bits per heavy atom. The molecule has 1 aliphatic heterocycles. The van der Waals surface area contributed by atoms with E-state index in [1.54, 1.807) is 19.1 Å². The maximum absolute atomic E-state index is 12.4. The fraction of sp³-hybridized carbons (Fsp3) is 0.259. The number of halogens is 5. The van der Waals surface area contributed by atoms with Crippen molar-refractivity contribution in [2.45, 2.75) is 39.5 Å². The molecule has 1 unspecified atom stereocenters. The van der Waals surface area contributed by atoms with Crippen LogP contribution in [0.5, 0.6) is 11.5 Å². The van der Waals surface area contributed by atoms with Crippen molar-refractivity contribution in [3.8, 4) is 11.5 Å². The highest BCUT2D eigenvalue weighted by Gasteiger charge is 2.41. The van der Waals surface area contributed by atoms with Crippen LogP contribution in [-0.4, -0.2) is 31.6 Å². The standard InChI is InChI=1S/C17H15BrF2N2O2.C10H10F2O2/c1-10-7-13(24-15(19)20)5-6-14(10)17(9-23-16(21)22-17)11-3-2-4-12(18)8-11;1-6-5-8(14-10(11)12)3-4-9(6)7(2)13/h2-8,15H,9H2,1H3,(H2,21,22);3-5,10H,1-2H3. The number of ketones is 1. The van der Waals surface area contributed by atoms with Crippen molar-refractivity contribution in [1.29, 1.82) is 0 Å². The number of Topliss-reactive ketones (excluding diaryl/α,β-unsaturated/α-hetero) is 1. The summed E-state index contributed by atoms with van der Waals surface area (Å²) in [5.74, 6) is 0.0834. The zero-order chi connectivity index (χ0) is 28.0. The highest BCUT2D eigenvalue weighted by atomic mass is 79.9. The molecule has 1 atom stereocenters. The van der Waals surface area contributed by atoms with Gasteiger partial charge in [0.2, 0.25) is 0 Å². The molecule has 0 bridgehead atoms. The number of nitrogens with zero attached hydrogens (tertiary/aromatic N) is 1. The summed E-state index contributed by atoms with van der Waals surface area (Å²) in [4.78, 5) is 15.5. The van der Waals surface area contributed by atoms with Gasteiger partial charge < -0.3 is 19.9 Å². The van der Waals surface area contributed by atoms with E-state index < -0.39 is 18.8 Å². The highest BCUT2D eigenvalue weighted by Crippen LogP contribution is 2.40. The lowest BCUT2D eigenvalue weighted by Crippen LogP contribution is -2.28. The van der Waals surface area contributed by atoms with Crippen LogP contribution in [0.3, 0.4) is 0 Å². The van der Waals surface area contributed by atoms with Crippen molar-refractivity contribution in [2.75, 3.05) is 6.61 Å². The van der Waals surface area contributed by atoms with E-state index in [0.29, 0.717) is 11.1 Å². The van der Waals surface area contributed by atoms with Crippen molar-refractivity contribution in [3.63, 3.8) is 0 Å². The Balaban J connectivity index is 0.000000244. The van der Waals surface area contributed by atoms with Crippen molar-refractivity contribution in [1.82, 2.24) is 0 Å². The number of aryl methyl sites for hydroxylation is 2. The second kappa shape index (κ2) is 12.3. The number of aliphatic imine (C=N–C) groups is 1. The van der Waals surface area contributed by atoms with Crippen molar-refractivity contribution < 1.29 is 36.6 Å². The molecule has 0 saturated carbocycles. The van der Waals surface area contributed by atoms with E-state index in [9.17, 15) is 22.4 Å². The number of alkyl halides is 4. The smallest absolute Gasteiger partial charge is 0.387 e. The molecular formula is C27H25BrF4N2O4. The van der Waals surface area contributed by atoms with Crippen LogP contribution in [0.2, 0.25) is 0 Å². The first-order valence-corrected chi connectivity index (χ1v) is 12.1. The molecule has 202 valence electrons. The Labute approximate surface area is 225 Å². The fourth-order valence-corrected chi connectivity index (χ4v) is 4.50. The highest BCUT2D eigenvalue weighted by molar-refractivity contribution is 9.10. The topological polar surface area (TPSA) is 83.1 Å². The van der Waals surface area contributed by atoms with Crippen LogP contribution in [0.1, 0.15) is 39.5 Å². The van der Waals surface area contributed by atoms with E-state index in [1.165, 1.54) is 31.2 Å². The van der Waals surface area contributed by atoms with E-state index >= 15 is 0 Å². The molecule has 2 N–H and O–H groups in total. The first-order valence-electron chi connectivity index (χ1n) is 11.3. The number of carbonyl (C=O) groups excluding carboxylic acids is 1. The van der Waals surface area contributed by atoms with Crippen LogP contribution in [0, 0.1) is 13.8 Å². The predicted molar refractivity (Wildman–Crippen MR) is 138 cm³/mol. The number of hydrogen-bond donors (Lipinski definition) is 1. The average molecular weight is 597 g/mol. The van der Waals surface area contributed by atoms with Crippen molar-refractivity contribution in [3.05, 3.63) is 93.0 Å². The molecule has 1 aliphatic rings. The van der Waals surface area contributed by atoms with Gasteiger partial charge >= 0.3 is 13.2 Å². The average Bonchev–Trinajstić information content (AvgIpc) is 3.21. The number of hydrogen-bond acceptors (Lipinski definition) is 6. The summed E-state index contributed by atoms with van der Waals surface area (Å²) < 4.78 is 63.4. The van der Waals surface area contributed by atoms with Crippen molar-refractivity contribution >= 4 is 27.7 Å². The van der Waals surface area contributed by atoms with Crippen LogP contribution in [0.15, 0.2) is 70.1 Å². The van der Waals surface area contributed by atoms with Gasteiger partial charge in [0.25, 0.3) is 6.02 Å². The van der Waals surface area contributed by atoms with Gasteiger partial charge in [0.05, 0.1) is 0 Å². The number of carbonyl (C=O) groups is 1. The van der Waals surface area contributed by atoms with Crippen LogP contribution in [-0.2, 0) is 10.3 Å². The minimum absolute atomic E-state index is 0.0718. The minimum Gasteiger partial charge on any atom is -0.462 e. The van der Waals surface area contributed by atoms with Crippen LogP contribution in [0.4, 0.5) is 17.6 Å². The lowest BCUT2D eigenvalue weighted by molar-refractivity contribution is -0.0505. The molecule has 0 fully saturated rings. The number of ether oxygens (including phenoxy) is 3. The molecule has 3 aromatic rings. The Morgan fingerprint density at radius 2 is 1.58 bits per heavy atom. The zero-order valence-corrected chi connectivity index (χ0v) is 22.3. The Kier molecular flexibility index (Phi) is 9.37. The first-order chi connectivity index (χ1) is 17.9. The second-order valence-electron chi connectivity index (χ2n) is 8.38. The first kappa shape index (κ1) is 29.0. The van der Waals surface area contributed by atoms with Gasteiger partial charge in [-0.25, -0.2) is 4.99 Å². The lowest BCUT2D eigenvalue weighted by Gasteiger charge is -2.27. The number of nitrogens with two attached hydrogens (primary N) is 1. The van der Waals surface area contributed by atoms with E-state index in [4.69, 9.17) is 10.5 Å². The maximum atomic E-state index is 12.4. The van der Waals surface area contributed by atoms with Gasteiger partial charge in [0.15, 0.2) is 11.3 Å². The molecule has 0 aromatic heterocycles. The van der Waals surface area contributed by atoms with Crippen LogP contribution >= 0.6 is 15.9 Å². The van der Waals surface area contributed by atoms with E-state index in [0.717, 1.165) is 21.2 Å². The molecule has 11 heteroatoms. The zero-order valence-electron chi connectivity index (χ0n) is 20.7. The molecule has 0 aliphatic carbocycles. The molecular weight excluding hydrogens is 572 g/mol. The molecule has 6 nitrogen and oxygen atoms in total. The molecule has 1 heterocycles. The Bertz CT molecular complexity index is 1340. The Hall–Kier alpha value is -3.60.